The molecule has 112 valence electrons. The fraction of sp³-hybridized carbons (Fsp3) is 0.636. The molecule has 0 bridgehead atoms. The molecule has 0 radical (unpaired) electrons. The van der Waals surface area contributed by atoms with E-state index in [9.17, 15) is 13.2 Å². The summed E-state index contributed by atoms with van der Waals surface area (Å²) < 4.78 is 36.6. The summed E-state index contributed by atoms with van der Waals surface area (Å²) in [7, 11) is -2.55. The molecule has 0 aliphatic carbocycles. The molecule has 2 heterocycles. The van der Waals surface area contributed by atoms with E-state index in [0.717, 1.165) is 24.2 Å². The van der Waals surface area contributed by atoms with Crippen LogP contribution in [0.4, 0.5) is 0 Å². The van der Waals surface area contributed by atoms with Crippen molar-refractivity contribution in [2.45, 2.75) is 17.1 Å². The fourth-order valence-electron chi connectivity index (χ4n) is 1.90. The lowest BCUT2D eigenvalue weighted by Gasteiger charge is -2.21. The quantitative estimate of drug-likeness (QED) is 0.800. The highest BCUT2D eigenvalue weighted by molar-refractivity contribution is 7.91. The van der Waals surface area contributed by atoms with Crippen molar-refractivity contribution in [1.82, 2.24) is 9.71 Å². The van der Waals surface area contributed by atoms with Crippen LogP contribution in [0.2, 0.25) is 0 Å². The smallest absolute Gasteiger partial charge is 0.358 e. The van der Waals surface area contributed by atoms with Crippen LogP contribution >= 0.6 is 11.3 Å². The van der Waals surface area contributed by atoms with Gasteiger partial charge in [-0.3, -0.25) is 0 Å². The number of esters is 1. The van der Waals surface area contributed by atoms with E-state index in [-0.39, 0.29) is 15.8 Å². The average molecular weight is 320 g/mol. The molecule has 0 atom stereocenters. The number of carbonyl (C=O) groups excluding carboxylic acids is 1. The maximum Gasteiger partial charge on any atom is 0.358 e. The first kappa shape index (κ1) is 15.4. The number of hydrogen-bond donors (Lipinski definition) is 1. The monoisotopic (exact) mass is 320 g/mol. The number of thiazole rings is 1. The number of ether oxygens (including phenoxy) is 2. The van der Waals surface area contributed by atoms with E-state index in [1.807, 2.05) is 0 Å². The van der Waals surface area contributed by atoms with Gasteiger partial charge >= 0.3 is 5.97 Å². The van der Waals surface area contributed by atoms with Crippen LogP contribution in [0.25, 0.3) is 0 Å². The predicted octanol–water partition coefficient (Wildman–Crippen LogP) is 0.635. The van der Waals surface area contributed by atoms with E-state index in [4.69, 9.17) is 4.74 Å². The first-order valence-electron chi connectivity index (χ1n) is 6.14. The number of rotatable bonds is 5. The summed E-state index contributed by atoms with van der Waals surface area (Å²) in [5.74, 6) is -0.495. The van der Waals surface area contributed by atoms with Crippen molar-refractivity contribution >= 4 is 27.3 Å². The molecule has 1 N–H and O–H groups in total. The van der Waals surface area contributed by atoms with Gasteiger partial charge in [-0.2, -0.15) is 0 Å². The van der Waals surface area contributed by atoms with Gasteiger partial charge in [-0.15, -0.1) is 11.3 Å². The maximum absolute atomic E-state index is 12.2. The zero-order chi connectivity index (χ0) is 14.6. The lowest BCUT2D eigenvalue weighted by atomic mass is 10.0. The largest absolute Gasteiger partial charge is 0.464 e. The molecule has 1 aromatic rings. The Labute approximate surface area is 121 Å². The molecule has 9 heteroatoms. The molecule has 0 unspecified atom stereocenters. The van der Waals surface area contributed by atoms with Gasteiger partial charge in [0.1, 0.15) is 0 Å². The Morgan fingerprint density at radius 3 is 2.90 bits per heavy atom. The van der Waals surface area contributed by atoms with Gasteiger partial charge in [-0.1, -0.05) is 0 Å². The third-order valence-electron chi connectivity index (χ3n) is 3.06. The van der Waals surface area contributed by atoms with Gasteiger partial charge < -0.3 is 9.47 Å². The molecule has 0 saturated carbocycles. The maximum atomic E-state index is 12.2. The number of sulfonamides is 1. The number of carbonyl (C=O) groups is 1. The second-order valence-electron chi connectivity index (χ2n) is 4.39. The molecule has 1 fully saturated rings. The molecule has 0 spiro atoms. The summed E-state index contributed by atoms with van der Waals surface area (Å²) in [6.45, 7) is 1.64. The van der Waals surface area contributed by atoms with Crippen molar-refractivity contribution in [2.24, 2.45) is 5.92 Å². The Hall–Kier alpha value is -1.03. The van der Waals surface area contributed by atoms with Crippen LogP contribution < -0.4 is 4.72 Å². The predicted molar refractivity (Wildman–Crippen MR) is 72.2 cm³/mol. The van der Waals surface area contributed by atoms with E-state index >= 15 is 0 Å². The molecule has 1 aromatic heterocycles. The zero-order valence-corrected chi connectivity index (χ0v) is 12.6. The van der Waals surface area contributed by atoms with Crippen LogP contribution in [-0.2, 0) is 19.5 Å². The van der Waals surface area contributed by atoms with Crippen molar-refractivity contribution in [2.75, 3.05) is 26.9 Å². The lowest BCUT2D eigenvalue weighted by molar-refractivity contribution is 0.0590. The first-order chi connectivity index (χ1) is 9.54. The second-order valence-corrected chi connectivity index (χ2v) is 7.20. The molecule has 1 saturated heterocycles. The van der Waals surface area contributed by atoms with E-state index in [0.29, 0.717) is 19.8 Å². The Morgan fingerprint density at radius 1 is 1.55 bits per heavy atom. The van der Waals surface area contributed by atoms with Crippen LogP contribution in [0.1, 0.15) is 23.3 Å². The lowest BCUT2D eigenvalue weighted by Crippen LogP contribution is -2.32. The van der Waals surface area contributed by atoms with Crippen molar-refractivity contribution < 1.29 is 22.7 Å². The number of nitrogens with one attached hydrogen (secondary N) is 1. The van der Waals surface area contributed by atoms with Crippen molar-refractivity contribution in [3.63, 3.8) is 0 Å². The van der Waals surface area contributed by atoms with Crippen molar-refractivity contribution in [1.29, 1.82) is 0 Å². The third-order valence-corrected chi connectivity index (χ3v) is 5.85. The van der Waals surface area contributed by atoms with Crippen LogP contribution in [0.15, 0.2) is 9.72 Å². The minimum absolute atomic E-state index is 0.101. The highest BCUT2D eigenvalue weighted by Crippen LogP contribution is 2.21. The number of aromatic nitrogens is 1. The molecule has 20 heavy (non-hydrogen) atoms. The van der Waals surface area contributed by atoms with Crippen LogP contribution in [0.5, 0.6) is 0 Å². The van der Waals surface area contributed by atoms with Gasteiger partial charge in [0.05, 0.1) is 12.6 Å². The normalized spacial score (nSPS) is 17.1. The Balaban J connectivity index is 2.06. The van der Waals surface area contributed by atoms with E-state index in [1.165, 1.54) is 12.6 Å². The molecule has 1 aliphatic heterocycles. The summed E-state index contributed by atoms with van der Waals surface area (Å²) >= 11 is 0.900. The highest BCUT2D eigenvalue weighted by Gasteiger charge is 2.27. The van der Waals surface area contributed by atoms with Gasteiger partial charge in [0, 0.05) is 19.8 Å². The molecule has 1 aliphatic rings. The Bertz CT molecular complexity index is 563. The number of nitrogens with zero attached hydrogens (tertiary/aromatic N) is 1. The van der Waals surface area contributed by atoms with Crippen molar-refractivity contribution in [3.05, 3.63) is 11.2 Å². The molecule has 0 amide bonds. The number of methoxy groups -OCH3 is 1. The van der Waals surface area contributed by atoms with E-state index < -0.39 is 16.0 Å². The average Bonchev–Trinajstić information content (AvgIpc) is 2.96. The topological polar surface area (TPSA) is 94.6 Å². The molecule has 0 aromatic carbocycles. The molecular formula is C11H16N2O5S2. The van der Waals surface area contributed by atoms with Gasteiger partial charge in [0.15, 0.2) is 9.90 Å². The summed E-state index contributed by atoms with van der Waals surface area (Å²) in [5, 5.41) is 0. The summed E-state index contributed by atoms with van der Waals surface area (Å²) in [5.41, 5.74) is 1.15. The first-order valence-corrected chi connectivity index (χ1v) is 8.50. The molecular weight excluding hydrogens is 304 g/mol. The third kappa shape index (κ3) is 3.54. The SMILES string of the molecule is COC(=O)c1ncsc1S(=O)(=O)NCC1CCOCC1. The Kier molecular flexibility index (Phi) is 5.08. The summed E-state index contributed by atoms with van der Waals surface area (Å²) in [6.07, 6.45) is 1.66. The van der Waals surface area contributed by atoms with Gasteiger partial charge in [0.25, 0.3) is 10.0 Å². The van der Waals surface area contributed by atoms with Gasteiger partial charge in [-0.25, -0.2) is 22.9 Å². The van der Waals surface area contributed by atoms with Crippen LogP contribution in [0, 0.1) is 5.92 Å². The van der Waals surface area contributed by atoms with Gasteiger partial charge in [0.2, 0.25) is 0 Å². The Morgan fingerprint density at radius 2 is 2.25 bits per heavy atom. The summed E-state index contributed by atoms with van der Waals surface area (Å²) in [4.78, 5) is 15.2. The van der Waals surface area contributed by atoms with E-state index in [2.05, 4.69) is 14.4 Å². The molecule has 7 nitrogen and oxygen atoms in total. The summed E-state index contributed by atoms with van der Waals surface area (Å²) in [6, 6.07) is 0. The van der Waals surface area contributed by atoms with Crippen molar-refractivity contribution in [3.8, 4) is 0 Å². The number of hydrogen-bond acceptors (Lipinski definition) is 7. The fourth-order valence-corrected chi connectivity index (χ4v) is 4.19. The minimum atomic E-state index is -3.74. The highest BCUT2D eigenvalue weighted by atomic mass is 32.2. The van der Waals surface area contributed by atoms with Crippen LogP contribution in [0.3, 0.4) is 0 Å². The zero-order valence-electron chi connectivity index (χ0n) is 11.0. The minimum Gasteiger partial charge on any atom is -0.464 e. The van der Waals surface area contributed by atoms with Crippen LogP contribution in [-0.4, -0.2) is 46.2 Å². The van der Waals surface area contributed by atoms with Gasteiger partial charge in [-0.05, 0) is 18.8 Å². The van der Waals surface area contributed by atoms with E-state index in [1.54, 1.807) is 0 Å². The standard InChI is InChI=1S/C11H16N2O5S2/c1-17-10(14)9-11(19-7-12-9)20(15,16)13-6-8-2-4-18-5-3-8/h7-8,13H,2-6H2,1H3. The second kappa shape index (κ2) is 6.61. The molecule has 2 rings (SSSR count).